The van der Waals surface area contributed by atoms with Gasteiger partial charge in [0.1, 0.15) is 0 Å². The number of rotatable bonds is 9. The van der Waals surface area contributed by atoms with Crippen LogP contribution in [0, 0.1) is 0 Å². The second kappa shape index (κ2) is 16.5. The van der Waals surface area contributed by atoms with E-state index in [4.69, 9.17) is 15.0 Å². The average Bonchev–Trinajstić information content (AvgIpc) is 3.35. The van der Waals surface area contributed by atoms with E-state index in [0.29, 0.717) is 17.5 Å². The molecular weight excluding hydrogens is 727 g/mol. The molecule has 0 radical (unpaired) electrons. The maximum atomic E-state index is 5.24. The van der Waals surface area contributed by atoms with Gasteiger partial charge in [-0.05, 0) is 103 Å². The molecule has 3 nitrogen and oxygen atoms in total. The summed E-state index contributed by atoms with van der Waals surface area (Å²) in [4.78, 5) is 15.5. The van der Waals surface area contributed by atoms with Gasteiger partial charge in [-0.3, -0.25) is 0 Å². The highest BCUT2D eigenvalue weighted by Crippen LogP contribution is 2.44. The molecule has 10 aromatic rings. The minimum atomic E-state index is 0.603. The smallest absolute Gasteiger partial charge is 0.164 e. The second-order valence-corrected chi connectivity index (χ2v) is 14.8. The molecule has 0 saturated heterocycles. The molecule has 60 heavy (non-hydrogen) atoms. The third kappa shape index (κ3) is 7.56. The average molecular weight is 766 g/mol. The zero-order valence-electron chi connectivity index (χ0n) is 32.9. The standard InChI is InChI=1S/C57H39N3/c1-7-20-40(21-8-1)46-34-47(41-22-9-2-10-23-41)36-48(35-46)49-37-50(54-52(42-24-11-3-12-25-42)32-19-33-53(54)43-26-13-4-14-27-43)39-51(38-49)57-59-55(44-28-15-5-16-29-44)58-56(60-57)45-30-17-6-18-31-45/h1-39H. The molecule has 0 atom stereocenters. The van der Waals surface area contributed by atoms with Crippen LogP contribution in [-0.2, 0) is 0 Å². The molecular formula is C57H39N3. The lowest BCUT2D eigenvalue weighted by atomic mass is 9.85. The maximum absolute atomic E-state index is 5.24. The minimum absolute atomic E-state index is 0.603. The van der Waals surface area contributed by atoms with E-state index in [1.54, 1.807) is 0 Å². The Morgan fingerprint density at radius 1 is 0.183 bits per heavy atom. The van der Waals surface area contributed by atoms with Gasteiger partial charge in [-0.1, -0.05) is 200 Å². The van der Waals surface area contributed by atoms with Crippen LogP contribution in [0.25, 0.3) is 101 Å². The van der Waals surface area contributed by atoms with E-state index >= 15 is 0 Å². The van der Waals surface area contributed by atoms with Crippen molar-refractivity contribution in [2.45, 2.75) is 0 Å². The number of nitrogens with zero attached hydrogens (tertiary/aromatic N) is 3. The fourth-order valence-electron chi connectivity index (χ4n) is 7.97. The number of aromatic nitrogens is 3. The van der Waals surface area contributed by atoms with Crippen molar-refractivity contribution >= 4 is 0 Å². The summed E-state index contributed by atoms with van der Waals surface area (Å²) >= 11 is 0. The molecule has 0 saturated carbocycles. The fraction of sp³-hybridized carbons (Fsp3) is 0. The van der Waals surface area contributed by atoms with Gasteiger partial charge in [0.2, 0.25) is 0 Å². The predicted octanol–water partition coefficient (Wildman–Crippen LogP) is 14.9. The molecule has 0 unspecified atom stereocenters. The molecule has 1 aromatic heterocycles. The summed E-state index contributed by atoms with van der Waals surface area (Å²) in [5.74, 6) is 1.85. The van der Waals surface area contributed by atoms with Crippen molar-refractivity contribution in [1.29, 1.82) is 0 Å². The fourth-order valence-corrected chi connectivity index (χ4v) is 7.97. The lowest BCUT2D eigenvalue weighted by Gasteiger charge is -2.19. The number of hydrogen-bond acceptors (Lipinski definition) is 3. The highest BCUT2D eigenvalue weighted by Gasteiger charge is 2.20. The maximum Gasteiger partial charge on any atom is 0.164 e. The van der Waals surface area contributed by atoms with Crippen LogP contribution in [0.3, 0.4) is 0 Å². The SMILES string of the molecule is c1ccc(-c2cc(-c3ccccc3)cc(-c3cc(-c4nc(-c5ccccc5)nc(-c5ccccc5)n4)cc(-c4c(-c5ccccc5)cccc4-c4ccccc4)c3)c2)cc1. The molecule has 0 spiro atoms. The first kappa shape index (κ1) is 36.3. The van der Waals surface area contributed by atoms with Gasteiger partial charge in [-0.15, -0.1) is 0 Å². The Labute approximate surface area is 351 Å². The van der Waals surface area contributed by atoms with E-state index < -0.39 is 0 Å². The summed E-state index contributed by atoms with van der Waals surface area (Å²) in [6.07, 6.45) is 0. The third-order valence-electron chi connectivity index (χ3n) is 10.9. The quantitative estimate of drug-likeness (QED) is 0.147. The molecule has 0 aliphatic heterocycles. The highest BCUT2D eigenvalue weighted by atomic mass is 15.0. The van der Waals surface area contributed by atoms with Gasteiger partial charge in [0, 0.05) is 16.7 Å². The zero-order chi connectivity index (χ0) is 40.1. The van der Waals surface area contributed by atoms with Gasteiger partial charge in [-0.2, -0.15) is 0 Å². The predicted molar refractivity (Wildman–Crippen MR) is 249 cm³/mol. The first-order valence-electron chi connectivity index (χ1n) is 20.3. The molecule has 0 fully saturated rings. The molecule has 1 heterocycles. The van der Waals surface area contributed by atoms with Crippen LogP contribution in [0.15, 0.2) is 237 Å². The van der Waals surface area contributed by atoms with Gasteiger partial charge >= 0.3 is 0 Å². The highest BCUT2D eigenvalue weighted by molar-refractivity contribution is 5.97. The van der Waals surface area contributed by atoms with E-state index in [9.17, 15) is 0 Å². The summed E-state index contributed by atoms with van der Waals surface area (Å²) < 4.78 is 0. The second-order valence-electron chi connectivity index (χ2n) is 14.8. The molecule has 0 aliphatic carbocycles. The Morgan fingerprint density at radius 2 is 0.450 bits per heavy atom. The monoisotopic (exact) mass is 765 g/mol. The van der Waals surface area contributed by atoms with Gasteiger partial charge in [-0.25, -0.2) is 15.0 Å². The van der Waals surface area contributed by atoms with E-state index in [-0.39, 0.29) is 0 Å². The van der Waals surface area contributed by atoms with Gasteiger partial charge in [0.05, 0.1) is 0 Å². The lowest BCUT2D eigenvalue weighted by molar-refractivity contribution is 1.07. The Balaban J connectivity index is 1.28. The molecule has 282 valence electrons. The Morgan fingerprint density at radius 3 is 0.833 bits per heavy atom. The molecule has 0 bridgehead atoms. The summed E-state index contributed by atoms with van der Waals surface area (Å²) in [5.41, 5.74) is 16.3. The molecule has 3 heteroatoms. The Bertz CT molecular complexity index is 2720. The molecule has 0 aliphatic rings. The Kier molecular flexibility index (Phi) is 9.97. The lowest BCUT2D eigenvalue weighted by Crippen LogP contribution is -2.01. The van der Waals surface area contributed by atoms with Crippen LogP contribution < -0.4 is 0 Å². The van der Waals surface area contributed by atoms with Crippen molar-refractivity contribution in [3.8, 4) is 101 Å². The van der Waals surface area contributed by atoms with E-state index in [0.717, 1.165) is 83.5 Å². The zero-order valence-corrected chi connectivity index (χ0v) is 32.9. The first-order valence-corrected chi connectivity index (χ1v) is 20.3. The van der Waals surface area contributed by atoms with Gasteiger partial charge < -0.3 is 0 Å². The van der Waals surface area contributed by atoms with Gasteiger partial charge in [0.15, 0.2) is 17.5 Å². The third-order valence-corrected chi connectivity index (χ3v) is 10.9. The largest absolute Gasteiger partial charge is 0.208 e. The molecule has 0 N–H and O–H groups in total. The minimum Gasteiger partial charge on any atom is -0.208 e. The summed E-state index contributed by atoms with van der Waals surface area (Å²) in [6, 6.07) is 83.3. The summed E-state index contributed by atoms with van der Waals surface area (Å²) in [7, 11) is 0. The van der Waals surface area contributed by atoms with E-state index in [1.165, 1.54) is 0 Å². The van der Waals surface area contributed by atoms with Crippen molar-refractivity contribution in [3.63, 3.8) is 0 Å². The molecule has 0 amide bonds. The van der Waals surface area contributed by atoms with Crippen molar-refractivity contribution < 1.29 is 0 Å². The van der Waals surface area contributed by atoms with Crippen LogP contribution in [0.2, 0.25) is 0 Å². The van der Waals surface area contributed by atoms with Crippen LogP contribution in [0.1, 0.15) is 0 Å². The summed E-state index contributed by atoms with van der Waals surface area (Å²) in [6.45, 7) is 0. The number of benzene rings is 9. The number of hydrogen-bond donors (Lipinski definition) is 0. The Hall–Kier alpha value is -8.01. The van der Waals surface area contributed by atoms with Crippen LogP contribution in [-0.4, -0.2) is 15.0 Å². The molecule has 10 rings (SSSR count). The molecule has 9 aromatic carbocycles. The normalized spacial score (nSPS) is 11.0. The van der Waals surface area contributed by atoms with Crippen LogP contribution >= 0.6 is 0 Å². The van der Waals surface area contributed by atoms with Crippen molar-refractivity contribution in [3.05, 3.63) is 237 Å². The van der Waals surface area contributed by atoms with Gasteiger partial charge in [0.25, 0.3) is 0 Å². The summed E-state index contributed by atoms with van der Waals surface area (Å²) in [5, 5.41) is 0. The van der Waals surface area contributed by atoms with Crippen molar-refractivity contribution in [1.82, 2.24) is 15.0 Å². The van der Waals surface area contributed by atoms with E-state index in [1.807, 2.05) is 36.4 Å². The first-order chi connectivity index (χ1) is 29.7. The van der Waals surface area contributed by atoms with Crippen molar-refractivity contribution in [2.75, 3.05) is 0 Å². The van der Waals surface area contributed by atoms with Crippen molar-refractivity contribution in [2.24, 2.45) is 0 Å². The van der Waals surface area contributed by atoms with Crippen LogP contribution in [0.4, 0.5) is 0 Å². The van der Waals surface area contributed by atoms with Crippen LogP contribution in [0.5, 0.6) is 0 Å². The topological polar surface area (TPSA) is 38.7 Å². The van der Waals surface area contributed by atoms with E-state index in [2.05, 4.69) is 200 Å².